The van der Waals surface area contributed by atoms with Gasteiger partial charge in [0.1, 0.15) is 0 Å². The largest absolute Gasteiger partial charge is 0.480 e. The molecule has 0 unspecified atom stereocenters. The Bertz CT molecular complexity index is 499. The van der Waals surface area contributed by atoms with Gasteiger partial charge in [0, 0.05) is 12.2 Å². The summed E-state index contributed by atoms with van der Waals surface area (Å²) < 4.78 is 25.0. The van der Waals surface area contributed by atoms with E-state index in [1.165, 1.54) is 0 Å². The van der Waals surface area contributed by atoms with Gasteiger partial charge >= 0.3 is 5.97 Å². The molecule has 1 N–H and O–H groups in total. The number of nitrogens with zero attached hydrogens (tertiary/aromatic N) is 2. The normalized spacial score (nSPS) is 12.0. The average molecular weight is 272 g/mol. The van der Waals surface area contributed by atoms with E-state index in [0.29, 0.717) is 5.69 Å². The third kappa shape index (κ3) is 4.08. The molecule has 1 heterocycles. The number of rotatable bonds is 6. The maximum atomic E-state index is 11.9. The van der Waals surface area contributed by atoms with Crippen LogP contribution in [0.1, 0.15) is 19.5 Å². The molecular weight excluding hydrogens is 256 g/mol. The maximum Gasteiger partial charge on any atom is 0.320 e. The van der Waals surface area contributed by atoms with Crippen molar-refractivity contribution in [2.24, 2.45) is 0 Å². The first-order chi connectivity index (χ1) is 8.33. The van der Waals surface area contributed by atoms with Gasteiger partial charge < -0.3 is 5.11 Å². The van der Waals surface area contributed by atoms with Gasteiger partial charge in [-0.3, -0.25) is 9.78 Å². The molecule has 0 aromatic carbocycles. The van der Waals surface area contributed by atoms with Crippen molar-refractivity contribution in [1.29, 1.82) is 0 Å². The fourth-order valence-electron chi connectivity index (χ4n) is 1.49. The van der Waals surface area contributed by atoms with Crippen LogP contribution in [0, 0.1) is 0 Å². The molecule has 0 saturated carbocycles. The molecular formula is C11H16N2O4S. The first-order valence-corrected chi connectivity index (χ1v) is 7.05. The topological polar surface area (TPSA) is 87.6 Å². The molecule has 0 bridgehead atoms. The molecule has 0 fully saturated rings. The van der Waals surface area contributed by atoms with E-state index in [9.17, 15) is 13.2 Å². The lowest BCUT2D eigenvalue weighted by Crippen LogP contribution is -2.39. The van der Waals surface area contributed by atoms with Gasteiger partial charge in [-0.15, -0.1) is 0 Å². The number of pyridine rings is 1. The summed E-state index contributed by atoms with van der Waals surface area (Å²) in [6, 6.07) is 4.86. The number of carboxylic acid groups (broad SMARTS) is 1. The number of carbonyl (C=O) groups is 1. The number of aliphatic carboxylic acids is 1. The monoisotopic (exact) mass is 272 g/mol. The summed E-state index contributed by atoms with van der Waals surface area (Å²) in [5, 5.41) is 8.62. The number of aromatic nitrogens is 1. The zero-order valence-electron chi connectivity index (χ0n) is 10.3. The highest BCUT2D eigenvalue weighted by atomic mass is 32.2. The Kier molecular flexibility index (Phi) is 4.80. The van der Waals surface area contributed by atoms with E-state index in [4.69, 9.17) is 5.11 Å². The second-order valence-electron chi connectivity index (χ2n) is 4.11. The molecule has 1 aromatic rings. The Balaban J connectivity index is 2.94. The number of sulfonamides is 1. The zero-order chi connectivity index (χ0) is 13.8. The highest BCUT2D eigenvalue weighted by molar-refractivity contribution is 7.89. The van der Waals surface area contributed by atoms with Crippen LogP contribution in [0.4, 0.5) is 0 Å². The molecule has 100 valence electrons. The standard InChI is InChI=1S/C11H16N2O4S/c1-9(2)13(18(16,17)8-11(14)15)7-10-5-3-4-6-12-10/h3-6,9H,7-8H2,1-2H3,(H,14,15). The van der Waals surface area contributed by atoms with E-state index < -0.39 is 21.7 Å². The van der Waals surface area contributed by atoms with E-state index >= 15 is 0 Å². The maximum absolute atomic E-state index is 11.9. The van der Waals surface area contributed by atoms with Crippen LogP contribution in [0.3, 0.4) is 0 Å². The Morgan fingerprint density at radius 2 is 2.11 bits per heavy atom. The molecule has 6 nitrogen and oxygen atoms in total. The average Bonchev–Trinajstić information content (AvgIpc) is 2.25. The highest BCUT2D eigenvalue weighted by Crippen LogP contribution is 2.12. The van der Waals surface area contributed by atoms with Gasteiger partial charge in [0.15, 0.2) is 5.75 Å². The van der Waals surface area contributed by atoms with Crippen molar-refractivity contribution in [1.82, 2.24) is 9.29 Å². The molecule has 0 aliphatic carbocycles. The van der Waals surface area contributed by atoms with Crippen LogP contribution in [0.5, 0.6) is 0 Å². The van der Waals surface area contributed by atoms with Crippen LogP contribution in [0.15, 0.2) is 24.4 Å². The summed E-state index contributed by atoms with van der Waals surface area (Å²) >= 11 is 0. The minimum absolute atomic E-state index is 0.0775. The van der Waals surface area contributed by atoms with Crippen molar-refractivity contribution in [3.05, 3.63) is 30.1 Å². The summed E-state index contributed by atoms with van der Waals surface area (Å²) in [5.74, 6) is -2.26. The summed E-state index contributed by atoms with van der Waals surface area (Å²) in [7, 11) is -3.83. The van der Waals surface area contributed by atoms with Crippen LogP contribution in [-0.2, 0) is 21.4 Å². The van der Waals surface area contributed by atoms with Gasteiger partial charge in [-0.2, -0.15) is 4.31 Å². The van der Waals surface area contributed by atoms with E-state index in [1.807, 2.05) is 0 Å². The Morgan fingerprint density at radius 1 is 1.44 bits per heavy atom. The fraction of sp³-hybridized carbons (Fsp3) is 0.455. The van der Waals surface area contributed by atoms with Crippen molar-refractivity contribution in [2.45, 2.75) is 26.4 Å². The lowest BCUT2D eigenvalue weighted by atomic mass is 10.3. The highest BCUT2D eigenvalue weighted by Gasteiger charge is 2.27. The molecule has 0 radical (unpaired) electrons. The van der Waals surface area contributed by atoms with Crippen LogP contribution < -0.4 is 0 Å². The number of hydrogen-bond donors (Lipinski definition) is 1. The lowest BCUT2D eigenvalue weighted by Gasteiger charge is -2.24. The third-order valence-corrected chi connectivity index (χ3v) is 4.16. The van der Waals surface area contributed by atoms with Gasteiger partial charge in [0.05, 0.1) is 12.2 Å². The van der Waals surface area contributed by atoms with Crippen LogP contribution in [0.25, 0.3) is 0 Å². The van der Waals surface area contributed by atoms with Crippen LogP contribution >= 0.6 is 0 Å². The molecule has 0 atom stereocenters. The van der Waals surface area contributed by atoms with Gasteiger partial charge in [0.25, 0.3) is 0 Å². The summed E-state index contributed by atoms with van der Waals surface area (Å²) in [5.41, 5.74) is 0.583. The molecule has 1 aromatic heterocycles. The second-order valence-corrected chi connectivity index (χ2v) is 6.03. The summed E-state index contributed by atoms with van der Waals surface area (Å²) in [6.45, 7) is 3.47. The first kappa shape index (κ1) is 14.6. The van der Waals surface area contributed by atoms with Gasteiger partial charge in [-0.05, 0) is 26.0 Å². The van der Waals surface area contributed by atoms with Crippen molar-refractivity contribution in [3.63, 3.8) is 0 Å². The minimum Gasteiger partial charge on any atom is -0.480 e. The van der Waals surface area contributed by atoms with Gasteiger partial charge in [0.2, 0.25) is 10.0 Å². The molecule has 0 amide bonds. The van der Waals surface area contributed by atoms with Crippen molar-refractivity contribution < 1.29 is 18.3 Å². The summed E-state index contributed by atoms with van der Waals surface area (Å²) in [6.07, 6.45) is 1.57. The van der Waals surface area contributed by atoms with Gasteiger partial charge in [-0.1, -0.05) is 6.07 Å². The quantitative estimate of drug-likeness (QED) is 0.824. The van der Waals surface area contributed by atoms with Crippen molar-refractivity contribution >= 4 is 16.0 Å². The summed E-state index contributed by atoms with van der Waals surface area (Å²) in [4.78, 5) is 14.6. The molecule has 18 heavy (non-hydrogen) atoms. The van der Waals surface area contributed by atoms with E-state index in [1.54, 1.807) is 38.2 Å². The smallest absolute Gasteiger partial charge is 0.320 e. The first-order valence-electron chi connectivity index (χ1n) is 5.44. The lowest BCUT2D eigenvalue weighted by molar-refractivity contribution is -0.134. The van der Waals surface area contributed by atoms with Gasteiger partial charge in [-0.25, -0.2) is 8.42 Å². The second kappa shape index (κ2) is 5.92. The fourth-order valence-corrected chi connectivity index (χ4v) is 2.94. The molecule has 0 aliphatic rings. The molecule has 0 aliphatic heterocycles. The van der Waals surface area contributed by atoms with Crippen LogP contribution in [0.2, 0.25) is 0 Å². The van der Waals surface area contributed by atoms with Crippen molar-refractivity contribution in [2.75, 3.05) is 5.75 Å². The molecule has 0 spiro atoms. The Labute approximate surface area is 106 Å². The molecule has 0 saturated heterocycles. The Morgan fingerprint density at radius 3 is 2.56 bits per heavy atom. The molecule has 7 heteroatoms. The third-order valence-electron chi connectivity index (χ3n) is 2.28. The van der Waals surface area contributed by atoms with E-state index in [2.05, 4.69) is 4.98 Å². The van der Waals surface area contributed by atoms with E-state index in [-0.39, 0.29) is 12.6 Å². The van der Waals surface area contributed by atoms with Crippen LogP contribution in [-0.4, -0.2) is 40.6 Å². The molecule has 1 rings (SSSR count). The number of hydrogen-bond acceptors (Lipinski definition) is 4. The predicted molar refractivity (Wildman–Crippen MR) is 66.3 cm³/mol. The predicted octanol–water partition coefficient (Wildman–Crippen LogP) is 0.706. The van der Waals surface area contributed by atoms with E-state index in [0.717, 1.165) is 4.31 Å². The minimum atomic E-state index is -3.83. The SMILES string of the molecule is CC(C)N(Cc1ccccn1)S(=O)(=O)CC(=O)O. The Hall–Kier alpha value is -1.47. The number of carboxylic acids is 1. The zero-order valence-corrected chi connectivity index (χ0v) is 11.1. The van der Waals surface area contributed by atoms with Crippen molar-refractivity contribution in [3.8, 4) is 0 Å².